The van der Waals surface area contributed by atoms with Crippen LogP contribution >= 0.6 is 0 Å². The fourth-order valence-electron chi connectivity index (χ4n) is 12.1. The third-order valence-electron chi connectivity index (χ3n) is 14.4. The second kappa shape index (κ2) is 12.6. The highest BCUT2D eigenvalue weighted by molar-refractivity contribution is 5.69. The van der Waals surface area contributed by atoms with E-state index in [0.29, 0.717) is 36.3 Å². The van der Waals surface area contributed by atoms with Gasteiger partial charge in [-0.3, -0.25) is 14.5 Å². The number of carbonyl (C=O) groups excluding carboxylic acids is 2. The zero-order valence-corrected chi connectivity index (χ0v) is 28.3. The molecule has 10 atom stereocenters. The molecule has 244 valence electrons. The van der Waals surface area contributed by atoms with E-state index in [-0.39, 0.29) is 35.0 Å². The van der Waals surface area contributed by atoms with Gasteiger partial charge in [-0.1, -0.05) is 27.2 Å². The molecule has 0 aromatic carbocycles. The Bertz CT molecular complexity index is 1000. The first-order valence-corrected chi connectivity index (χ1v) is 18.5. The number of ether oxygens (including phenoxy) is 2. The highest BCUT2D eigenvalue weighted by Gasteiger charge is 2.67. The maximum Gasteiger partial charge on any atom is 0.306 e. The monoisotopic (exact) mass is 599 g/mol. The number of fused-ring (bicyclic) bond motifs is 5. The number of quaternary nitrogens is 1. The van der Waals surface area contributed by atoms with E-state index >= 15 is 0 Å². The van der Waals surface area contributed by atoms with Crippen molar-refractivity contribution in [2.45, 2.75) is 155 Å². The predicted octanol–water partition coefficient (Wildman–Crippen LogP) is 7.14. The van der Waals surface area contributed by atoms with Crippen LogP contribution < -0.4 is 0 Å². The molecule has 4 saturated carbocycles. The predicted molar refractivity (Wildman–Crippen MR) is 170 cm³/mol. The van der Waals surface area contributed by atoms with E-state index < -0.39 is 0 Å². The second-order valence-corrected chi connectivity index (χ2v) is 16.8. The number of piperidine rings is 1. The average molecular weight is 600 g/mol. The zero-order chi connectivity index (χ0) is 30.4. The van der Waals surface area contributed by atoms with Crippen LogP contribution in [0, 0.1) is 34.5 Å². The Kier molecular flexibility index (Phi) is 9.31. The Balaban J connectivity index is 1.29. The average Bonchev–Trinajstić information content (AvgIpc) is 3.10. The van der Waals surface area contributed by atoms with Crippen LogP contribution in [0.15, 0.2) is 0 Å². The van der Waals surface area contributed by atoms with Crippen molar-refractivity contribution in [2.75, 3.05) is 33.2 Å². The van der Waals surface area contributed by atoms with E-state index in [1.54, 1.807) is 6.92 Å². The second-order valence-electron chi connectivity index (χ2n) is 16.8. The minimum atomic E-state index is -0.108. The molecule has 0 spiro atoms. The topological polar surface area (TPSA) is 55.8 Å². The summed E-state index contributed by atoms with van der Waals surface area (Å²) < 4.78 is 13.9. The van der Waals surface area contributed by atoms with Gasteiger partial charge in [0.2, 0.25) is 0 Å². The maximum absolute atomic E-state index is 13.2. The number of carbonyl (C=O) groups is 2. The molecule has 2 saturated heterocycles. The first kappa shape index (κ1) is 31.8. The number of likely N-dealkylation sites (N-methyl/N-ethyl adjacent to an activating group) is 1. The molecule has 0 unspecified atom stereocenters. The normalized spacial score (nSPS) is 44.8. The lowest BCUT2D eigenvalue weighted by molar-refractivity contribution is -0.935. The molecule has 43 heavy (non-hydrogen) atoms. The Morgan fingerprint density at radius 2 is 1.56 bits per heavy atom. The molecule has 0 amide bonds. The summed E-state index contributed by atoms with van der Waals surface area (Å²) in [6, 6.07) is 0.789. The summed E-state index contributed by atoms with van der Waals surface area (Å²) in [5.41, 5.74) is 0.365. The summed E-state index contributed by atoms with van der Waals surface area (Å²) in [5, 5.41) is 0. The van der Waals surface area contributed by atoms with E-state index in [1.165, 1.54) is 96.6 Å². The maximum atomic E-state index is 13.2. The summed E-state index contributed by atoms with van der Waals surface area (Å²) in [6.07, 6.45) is 19.1. The van der Waals surface area contributed by atoms with Gasteiger partial charge in [0, 0.05) is 31.2 Å². The van der Waals surface area contributed by atoms with Gasteiger partial charge in [0.25, 0.3) is 0 Å². The lowest BCUT2D eigenvalue weighted by Crippen LogP contribution is -2.61. The van der Waals surface area contributed by atoms with Gasteiger partial charge in [0.15, 0.2) is 6.10 Å². The van der Waals surface area contributed by atoms with Crippen LogP contribution in [0.4, 0.5) is 0 Å². The quantitative estimate of drug-likeness (QED) is 0.240. The molecule has 4 aliphatic carbocycles. The molecule has 6 rings (SSSR count). The Hall–Kier alpha value is -1.14. The molecular weight excluding hydrogens is 536 g/mol. The van der Waals surface area contributed by atoms with E-state index in [2.05, 4.69) is 32.7 Å². The molecule has 6 fully saturated rings. The van der Waals surface area contributed by atoms with Crippen molar-refractivity contribution < 1.29 is 23.5 Å². The zero-order valence-electron chi connectivity index (χ0n) is 28.3. The fraction of sp³-hybridized carbons (Fsp3) is 0.946. The highest BCUT2D eigenvalue weighted by atomic mass is 16.5. The van der Waals surface area contributed by atoms with Gasteiger partial charge in [-0.2, -0.15) is 0 Å². The van der Waals surface area contributed by atoms with Crippen molar-refractivity contribution in [3.05, 3.63) is 0 Å². The van der Waals surface area contributed by atoms with Crippen LogP contribution in [-0.2, 0) is 19.1 Å². The van der Waals surface area contributed by atoms with E-state index in [1.807, 2.05) is 0 Å². The van der Waals surface area contributed by atoms with Gasteiger partial charge in [0.05, 0.1) is 20.1 Å². The Morgan fingerprint density at radius 1 is 0.860 bits per heavy atom. The number of hydrogen-bond donors (Lipinski definition) is 0. The summed E-state index contributed by atoms with van der Waals surface area (Å²) in [6.45, 7) is 13.7. The molecule has 0 aromatic heterocycles. The number of nitrogens with zero attached hydrogens (tertiary/aromatic N) is 2. The van der Waals surface area contributed by atoms with Crippen LogP contribution in [0.2, 0.25) is 0 Å². The number of hydrogen-bond acceptors (Lipinski definition) is 5. The fourth-order valence-corrected chi connectivity index (χ4v) is 12.1. The first-order chi connectivity index (χ1) is 20.6. The molecule has 6 heteroatoms. The van der Waals surface area contributed by atoms with Crippen molar-refractivity contribution in [3.63, 3.8) is 0 Å². The van der Waals surface area contributed by atoms with Gasteiger partial charge in [-0.25, -0.2) is 0 Å². The van der Waals surface area contributed by atoms with Crippen LogP contribution in [0.1, 0.15) is 130 Å². The summed E-state index contributed by atoms with van der Waals surface area (Å²) in [4.78, 5) is 28.1. The van der Waals surface area contributed by atoms with Crippen LogP contribution in [0.25, 0.3) is 0 Å². The van der Waals surface area contributed by atoms with Crippen molar-refractivity contribution in [1.82, 2.24) is 4.90 Å². The highest BCUT2D eigenvalue weighted by Crippen LogP contribution is 2.67. The SMILES string of the molecule is CCCC(=O)O[C@H]1[C@@H]([N+]2(C)CCCCCC2)C[C@H]2[C@@H]3CC[C@H]4C[C@H](OC(C)=O)[C@@H](N5CCCCC5)C[C@]4(C)[C@H]3CC[C@@]21C. The molecule has 0 bridgehead atoms. The smallest absolute Gasteiger partial charge is 0.306 e. The molecule has 2 heterocycles. The molecular formula is C37H63N2O4+. The van der Waals surface area contributed by atoms with Gasteiger partial charge in [0.1, 0.15) is 12.1 Å². The third-order valence-corrected chi connectivity index (χ3v) is 14.4. The van der Waals surface area contributed by atoms with Gasteiger partial charge >= 0.3 is 11.9 Å². The van der Waals surface area contributed by atoms with Gasteiger partial charge in [-0.05, 0) is 126 Å². The summed E-state index contributed by atoms with van der Waals surface area (Å²) >= 11 is 0. The summed E-state index contributed by atoms with van der Waals surface area (Å²) in [5.74, 6) is 2.62. The lowest BCUT2D eigenvalue weighted by Gasteiger charge is -2.62. The Morgan fingerprint density at radius 3 is 2.23 bits per heavy atom. The molecule has 6 aliphatic rings. The van der Waals surface area contributed by atoms with E-state index in [4.69, 9.17) is 9.47 Å². The van der Waals surface area contributed by atoms with E-state index in [9.17, 15) is 9.59 Å². The molecule has 0 radical (unpaired) electrons. The summed E-state index contributed by atoms with van der Waals surface area (Å²) in [7, 11) is 2.51. The van der Waals surface area contributed by atoms with Crippen LogP contribution in [-0.4, -0.2) is 78.8 Å². The standard InChI is InChI=1S/C37H63N2O4/c1-6-14-34(41)43-35-32(39(5)21-12-7-8-13-22-39)24-30-28-16-15-27-23-33(42-26(2)40)31(38-19-10-9-11-20-38)25-37(27,4)29(28)17-18-36(30,35)3/h27-33,35H,6-25H2,1-5H3/q+1/t27-,28+,29-,30-,31-,32-,33-,35-,36-,37-/m0/s1. The van der Waals surface area contributed by atoms with Crippen LogP contribution in [0.5, 0.6) is 0 Å². The molecule has 0 aromatic rings. The number of esters is 2. The number of likely N-dealkylation sites (tertiary alicyclic amines) is 2. The van der Waals surface area contributed by atoms with Crippen molar-refractivity contribution in [1.29, 1.82) is 0 Å². The van der Waals surface area contributed by atoms with Gasteiger partial charge in [-0.15, -0.1) is 0 Å². The minimum absolute atomic E-state index is 0.0340. The van der Waals surface area contributed by atoms with Crippen molar-refractivity contribution >= 4 is 11.9 Å². The third kappa shape index (κ3) is 5.83. The van der Waals surface area contributed by atoms with Crippen molar-refractivity contribution in [2.24, 2.45) is 34.5 Å². The number of rotatable bonds is 6. The molecule has 0 N–H and O–H groups in total. The van der Waals surface area contributed by atoms with Gasteiger partial charge < -0.3 is 14.0 Å². The lowest BCUT2D eigenvalue weighted by atomic mass is 9.44. The van der Waals surface area contributed by atoms with E-state index in [0.717, 1.165) is 36.3 Å². The molecule has 2 aliphatic heterocycles. The van der Waals surface area contributed by atoms with Crippen molar-refractivity contribution in [3.8, 4) is 0 Å². The Labute approximate surface area is 262 Å². The molecule has 6 nitrogen and oxygen atoms in total. The largest absolute Gasteiger partial charge is 0.461 e. The van der Waals surface area contributed by atoms with Crippen LogP contribution in [0.3, 0.4) is 0 Å². The minimum Gasteiger partial charge on any atom is -0.461 e. The first-order valence-electron chi connectivity index (χ1n) is 18.5.